The highest BCUT2D eigenvalue weighted by Gasteiger charge is 2.53. The molecular weight excluding hydrogens is 414 g/mol. The third-order valence-electron chi connectivity index (χ3n) is 7.89. The minimum Gasteiger partial charge on any atom is -0.460 e. The van der Waals surface area contributed by atoms with Crippen LogP contribution in [-0.2, 0) is 20.7 Å². The number of carbonyl (C=O) groups excluding carboxylic acids is 2. The van der Waals surface area contributed by atoms with Crippen LogP contribution in [-0.4, -0.2) is 42.1 Å². The Labute approximate surface area is 199 Å². The largest absolute Gasteiger partial charge is 0.460 e. The topological polar surface area (TPSA) is 55.8 Å². The van der Waals surface area contributed by atoms with Crippen molar-refractivity contribution in [3.8, 4) is 5.75 Å². The maximum Gasteiger partial charge on any atom is 0.317 e. The first-order chi connectivity index (χ1) is 15.7. The molecule has 4 fully saturated rings. The van der Waals surface area contributed by atoms with Gasteiger partial charge >= 0.3 is 11.9 Å². The summed E-state index contributed by atoms with van der Waals surface area (Å²) in [5.74, 6) is 1.57. The van der Waals surface area contributed by atoms with Gasteiger partial charge in [-0.25, -0.2) is 0 Å². The Morgan fingerprint density at radius 3 is 2.45 bits per heavy atom. The van der Waals surface area contributed by atoms with E-state index in [9.17, 15) is 9.59 Å². The molecule has 5 heteroatoms. The van der Waals surface area contributed by atoms with E-state index in [4.69, 9.17) is 9.47 Å². The Morgan fingerprint density at radius 1 is 1.09 bits per heavy atom. The molecule has 3 aliphatic heterocycles. The second-order valence-electron chi connectivity index (χ2n) is 11.4. The van der Waals surface area contributed by atoms with E-state index < -0.39 is 5.60 Å². The van der Waals surface area contributed by atoms with E-state index in [0.29, 0.717) is 24.0 Å². The molecule has 0 unspecified atom stereocenters. The highest BCUT2D eigenvalue weighted by Crippen LogP contribution is 2.51. The van der Waals surface area contributed by atoms with Gasteiger partial charge in [-0.1, -0.05) is 31.4 Å². The number of piperidine rings is 3. The molecule has 0 aromatic heterocycles. The lowest BCUT2D eigenvalue weighted by atomic mass is 9.58. The third kappa shape index (κ3) is 5.98. The van der Waals surface area contributed by atoms with Crippen LogP contribution in [0.4, 0.5) is 0 Å². The van der Waals surface area contributed by atoms with Crippen LogP contribution in [0.15, 0.2) is 24.3 Å². The molecule has 3 saturated heterocycles. The molecule has 1 saturated carbocycles. The van der Waals surface area contributed by atoms with Crippen LogP contribution in [0.25, 0.3) is 0 Å². The summed E-state index contributed by atoms with van der Waals surface area (Å²) in [6, 6.07) is 7.85. The number of esters is 2. The van der Waals surface area contributed by atoms with Crippen LogP contribution >= 0.6 is 0 Å². The minimum atomic E-state index is -0.449. The molecule has 5 nitrogen and oxygen atoms in total. The third-order valence-corrected chi connectivity index (χ3v) is 7.89. The summed E-state index contributed by atoms with van der Waals surface area (Å²) in [4.78, 5) is 28.2. The second-order valence-corrected chi connectivity index (χ2v) is 11.4. The second kappa shape index (κ2) is 10.2. The zero-order chi connectivity index (χ0) is 23.5. The lowest BCUT2D eigenvalue weighted by Gasteiger charge is -2.53. The van der Waals surface area contributed by atoms with Crippen molar-refractivity contribution >= 4 is 11.9 Å². The van der Waals surface area contributed by atoms with Crippen LogP contribution in [0.1, 0.15) is 84.1 Å². The number of benzene rings is 1. The fourth-order valence-corrected chi connectivity index (χ4v) is 6.30. The van der Waals surface area contributed by atoms with E-state index in [1.807, 2.05) is 45.0 Å². The predicted octanol–water partition coefficient (Wildman–Crippen LogP) is 5.55. The van der Waals surface area contributed by atoms with Gasteiger partial charge in [-0.05, 0) is 102 Å². The van der Waals surface area contributed by atoms with Gasteiger partial charge in [0.15, 0.2) is 0 Å². The molecule has 5 rings (SSSR count). The van der Waals surface area contributed by atoms with Crippen molar-refractivity contribution in [2.45, 2.75) is 90.6 Å². The van der Waals surface area contributed by atoms with E-state index in [1.54, 1.807) is 0 Å². The van der Waals surface area contributed by atoms with Crippen LogP contribution in [0.3, 0.4) is 0 Å². The number of rotatable bonds is 7. The molecule has 182 valence electrons. The number of hydrogen-bond donors (Lipinski definition) is 0. The van der Waals surface area contributed by atoms with Crippen molar-refractivity contribution in [1.29, 1.82) is 0 Å². The molecule has 1 aromatic rings. The predicted molar refractivity (Wildman–Crippen MR) is 129 cm³/mol. The molecule has 2 bridgehead atoms. The Kier molecular flexibility index (Phi) is 7.47. The van der Waals surface area contributed by atoms with E-state index in [2.05, 4.69) is 4.90 Å². The fraction of sp³-hybridized carbons (Fsp3) is 0.714. The van der Waals surface area contributed by atoms with Gasteiger partial charge in [0.25, 0.3) is 0 Å². The molecule has 33 heavy (non-hydrogen) atoms. The summed E-state index contributed by atoms with van der Waals surface area (Å²) >= 11 is 0. The molecule has 3 heterocycles. The molecule has 4 aliphatic rings. The maximum absolute atomic E-state index is 13.7. The first-order valence-corrected chi connectivity index (χ1v) is 13.0. The number of fused-ring (bicyclic) bond motifs is 3. The van der Waals surface area contributed by atoms with E-state index >= 15 is 0 Å². The highest BCUT2D eigenvalue weighted by atomic mass is 16.6. The summed E-state index contributed by atoms with van der Waals surface area (Å²) in [6.07, 6.45) is 9.75. The van der Waals surface area contributed by atoms with Crippen LogP contribution in [0.5, 0.6) is 5.75 Å². The van der Waals surface area contributed by atoms with Gasteiger partial charge in [-0.3, -0.25) is 9.59 Å². The van der Waals surface area contributed by atoms with E-state index in [0.717, 1.165) is 50.6 Å². The van der Waals surface area contributed by atoms with Crippen molar-refractivity contribution < 1.29 is 19.1 Å². The Balaban J connectivity index is 1.39. The van der Waals surface area contributed by atoms with Gasteiger partial charge in [0.1, 0.15) is 11.4 Å². The standard InChI is InChI=1S/C28H41NO4/c1-27(2,3)33-25(30)12-8-10-21-9-7-11-23(19-21)32-26(31)28(15-5-4-6-16-28)24-20-29-17-13-22(24)14-18-29/h7,9,11,19,22,24H,4-6,8,10,12-18,20H2,1-3H3/t24-/m1/s1. The van der Waals surface area contributed by atoms with Crippen molar-refractivity contribution in [1.82, 2.24) is 4.90 Å². The van der Waals surface area contributed by atoms with Gasteiger partial charge in [-0.15, -0.1) is 0 Å². The zero-order valence-corrected chi connectivity index (χ0v) is 20.7. The Hall–Kier alpha value is -1.88. The Morgan fingerprint density at radius 2 is 1.82 bits per heavy atom. The fourth-order valence-electron chi connectivity index (χ4n) is 6.30. The first-order valence-electron chi connectivity index (χ1n) is 13.0. The average molecular weight is 456 g/mol. The normalized spacial score (nSPS) is 26.6. The number of aryl methyl sites for hydroxylation is 1. The number of carbonyl (C=O) groups is 2. The molecule has 1 aromatic carbocycles. The van der Waals surface area contributed by atoms with Gasteiger partial charge in [0, 0.05) is 13.0 Å². The van der Waals surface area contributed by atoms with Crippen molar-refractivity contribution in [3.63, 3.8) is 0 Å². The van der Waals surface area contributed by atoms with Gasteiger partial charge < -0.3 is 14.4 Å². The molecule has 0 N–H and O–H groups in total. The molecule has 0 spiro atoms. The van der Waals surface area contributed by atoms with E-state index in [-0.39, 0.29) is 17.4 Å². The molecular formula is C28H41NO4. The van der Waals surface area contributed by atoms with E-state index in [1.165, 1.54) is 32.4 Å². The van der Waals surface area contributed by atoms with Gasteiger partial charge in [0.2, 0.25) is 0 Å². The zero-order valence-electron chi connectivity index (χ0n) is 20.7. The van der Waals surface area contributed by atoms with Crippen molar-refractivity contribution in [2.24, 2.45) is 17.3 Å². The summed E-state index contributed by atoms with van der Waals surface area (Å²) in [5, 5.41) is 0. The van der Waals surface area contributed by atoms with Crippen LogP contribution in [0.2, 0.25) is 0 Å². The maximum atomic E-state index is 13.7. The highest BCUT2D eigenvalue weighted by molar-refractivity contribution is 5.80. The van der Waals surface area contributed by atoms with Crippen molar-refractivity contribution in [2.75, 3.05) is 19.6 Å². The van der Waals surface area contributed by atoms with Crippen molar-refractivity contribution in [3.05, 3.63) is 29.8 Å². The quantitative estimate of drug-likeness (QED) is 0.399. The monoisotopic (exact) mass is 455 g/mol. The SMILES string of the molecule is CC(C)(C)OC(=O)CCCc1cccc(OC(=O)C2([C@@H]3CN4CCC3CC4)CCCCC2)c1. The lowest BCUT2D eigenvalue weighted by molar-refractivity contribution is -0.159. The summed E-state index contributed by atoms with van der Waals surface area (Å²) in [5.41, 5.74) is 0.313. The molecule has 1 atom stereocenters. The first kappa shape index (κ1) is 24.3. The summed E-state index contributed by atoms with van der Waals surface area (Å²) in [7, 11) is 0. The number of ether oxygens (including phenoxy) is 2. The smallest absolute Gasteiger partial charge is 0.317 e. The molecule has 0 radical (unpaired) electrons. The minimum absolute atomic E-state index is 0.00754. The average Bonchev–Trinajstić information content (AvgIpc) is 2.79. The van der Waals surface area contributed by atoms with Gasteiger partial charge in [-0.2, -0.15) is 0 Å². The molecule has 1 aliphatic carbocycles. The molecule has 0 amide bonds. The van der Waals surface area contributed by atoms with Crippen LogP contribution in [0, 0.1) is 17.3 Å². The number of nitrogens with zero attached hydrogens (tertiary/aromatic N) is 1. The summed E-state index contributed by atoms with van der Waals surface area (Å²) in [6.45, 7) is 9.10. The van der Waals surface area contributed by atoms with Crippen LogP contribution < -0.4 is 4.74 Å². The lowest BCUT2D eigenvalue weighted by Crippen LogP contribution is -2.57. The summed E-state index contributed by atoms with van der Waals surface area (Å²) < 4.78 is 11.5. The number of hydrogen-bond acceptors (Lipinski definition) is 5. The Bertz CT molecular complexity index is 829. The van der Waals surface area contributed by atoms with Gasteiger partial charge in [0.05, 0.1) is 5.41 Å².